The molecular formula is C23H37F3N2O5S. The third kappa shape index (κ3) is 10.2. The van der Waals surface area contributed by atoms with Gasteiger partial charge in [-0.25, -0.2) is 13.1 Å². The molecule has 1 saturated carbocycles. The Bertz CT molecular complexity index is 792. The molecule has 1 aromatic rings. The van der Waals surface area contributed by atoms with Crippen molar-refractivity contribution in [2.45, 2.75) is 62.1 Å². The fraction of sp³-hybridized carbons (Fsp3) is 0.739. The van der Waals surface area contributed by atoms with Crippen LogP contribution in [0.3, 0.4) is 0 Å². The summed E-state index contributed by atoms with van der Waals surface area (Å²) in [6, 6.07) is 3.50. The quantitative estimate of drug-likeness (QED) is 0.314. The minimum absolute atomic E-state index is 0.0796. The molecule has 0 atom stereocenters. The van der Waals surface area contributed by atoms with E-state index in [-0.39, 0.29) is 30.8 Å². The average Bonchev–Trinajstić information content (AvgIpc) is 2.79. The molecule has 1 fully saturated rings. The lowest BCUT2D eigenvalue weighted by atomic mass is 9.85. The summed E-state index contributed by atoms with van der Waals surface area (Å²) in [5, 5.41) is 18.0. The van der Waals surface area contributed by atoms with Gasteiger partial charge >= 0.3 is 6.18 Å². The van der Waals surface area contributed by atoms with Crippen molar-refractivity contribution >= 4 is 10.0 Å². The molecule has 196 valence electrons. The Kier molecular flexibility index (Phi) is 12.2. The van der Waals surface area contributed by atoms with Crippen LogP contribution in [0.5, 0.6) is 0 Å². The van der Waals surface area contributed by atoms with Crippen molar-refractivity contribution in [1.29, 1.82) is 0 Å². The van der Waals surface area contributed by atoms with Gasteiger partial charge in [-0.15, -0.1) is 0 Å². The van der Waals surface area contributed by atoms with Crippen molar-refractivity contribution < 1.29 is 36.5 Å². The van der Waals surface area contributed by atoms with E-state index in [1.807, 2.05) is 4.90 Å². The number of nitrogens with zero attached hydrogens (tertiary/aromatic N) is 1. The predicted octanol–water partition coefficient (Wildman–Crippen LogP) is 3.02. The molecule has 0 radical (unpaired) electrons. The second-order valence-electron chi connectivity index (χ2n) is 8.72. The monoisotopic (exact) mass is 510 g/mol. The molecule has 3 N–H and O–H groups in total. The van der Waals surface area contributed by atoms with Crippen LogP contribution in [0.1, 0.15) is 50.5 Å². The Balaban J connectivity index is 1.61. The van der Waals surface area contributed by atoms with Crippen LogP contribution in [-0.4, -0.2) is 75.6 Å². The maximum atomic E-state index is 12.6. The minimum atomic E-state index is -4.50. The molecule has 1 aliphatic carbocycles. The van der Waals surface area contributed by atoms with Gasteiger partial charge in [-0.05, 0) is 81.7 Å². The first kappa shape index (κ1) is 29.0. The Morgan fingerprint density at radius 1 is 0.971 bits per heavy atom. The van der Waals surface area contributed by atoms with Crippen LogP contribution in [0.15, 0.2) is 29.2 Å². The van der Waals surface area contributed by atoms with E-state index in [9.17, 15) is 21.6 Å². The number of sulfonamides is 1. The highest BCUT2D eigenvalue weighted by molar-refractivity contribution is 7.89. The highest BCUT2D eigenvalue weighted by atomic mass is 32.2. The fourth-order valence-corrected chi connectivity index (χ4v) is 5.24. The van der Waals surface area contributed by atoms with Crippen molar-refractivity contribution in [3.63, 3.8) is 0 Å². The Hall–Kier alpha value is -1.24. The topological polar surface area (TPSA) is 99.1 Å². The zero-order chi connectivity index (χ0) is 25.0. The predicted molar refractivity (Wildman–Crippen MR) is 123 cm³/mol. The summed E-state index contributed by atoms with van der Waals surface area (Å²) in [7, 11) is -3.84. The first-order valence-corrected chi connectivity index (χ1v) is 13.4. The maximum absolute atomic E-state index is 12.6. The highest BCUT2D eigenvalue weighted by Gasteiger charge is 2.30. The second-order valence-corrected chi connectivity index (χ2v) is 10.5. The number of hydrogen-bond donors (Lipinski definition) is 3. The number of unbranched alkanes of at least 4 members (excludes halogenated alkanes) is 1. The van der Waals surface area contributed by atoms with Crippen LogP contribution >= 0.6 is 0 Å². The molecule has 0 spiro atoms. The third-order valence-electron chi connectivity index (χ3n) is 6.19. The van der Waals surface area contributed by atoms with Gasteiger partial charge in [0.15, 0.2) is 0 Å². The van der Waals surface area contributed by atoms with Gasteiger partial charge in [0.25, 0.3) is 0 Å². The molecule has 0 unspecified atom stereocenters. The van der Waals surface area contributed by atoms with Crippen molar-refractivity contribution in [3.05, 3.63) is 29.8 Å². The molecule has 0 bridgehead atoms. The molecule has 34 heavy (non-hydrogen) atoms. The molecule has 0 saturated heterocycles. The summed E-state index contributed by atoms with van der Waals surface area (Å²) < 4.78 is 71.1. The van der Waals surface area contributed by atoms with Crippen molar-refractivity contribution in [3.8, 4) is 0 Å². The lowest BCUT2D eigenvalue weighted by Crippen LogP contribution is -2.31. The average molecular weight is 511 g/mol. The standard InChI is InChI=1S/C23H37F3N2O5S/c24-23(25,26)20-5-9-22(10-6-20)34(31,32)27-12-11-19-3-7-21(8-4-19)33-18-2-1-13-28(14-16-29)15-17-30/h5-6,9-10,19,21,27,29-30H,1-4,7-8,11-18H2. The smallest absolute Gasteiger partial charge is 0.395 e. The van der Waals surface area contributed by atoms with Gasteiger partial charge in [0.05, 0.1) is 29.8 Å². The van der Waals surface area contributed by atoms with E-state index in [0.717, 1.165) is 69.3 Å². The number of benzene rings is 1. The zero-order valence-electron chi connectivity index (χ0n) is 19.5. The van der Waals surface area contributed by atoms with Gasteiger partial charge in [0, 0.05) is 26.2 Å². The number of rotatable bonds is 15. The summed E-state index contributed by atoms with van der Waals surface area (Å²) in [6.07, 6.45) is 2.01. The van der Waals surface area contributed by atoms with E-state index in [1.165, 1.54) is 0 Å². The van der Waals surface area contributed by atoms with E-state index in [0.29, 0.717) is 32.0 Å². The van der Waals surface area contributed by atoms with Crippen LogP contribution in [0.4, 0.5) is 13.2 Å². The highest BCUT2D eigenvalue weighted by Crippen LogP contribution is 2.30. The van der Waals surface area contributed by atoms with Gasteiger partial charge in [-0.3, -0.25) is 4.90 Å². The van der Waals surface area contributed by atoms with Crippen molar-refractivity contribution in [2.24, 2.45) is 5.92 Å². The van der Waals surface area contributed by atoms with E-state index in [1.54, 1.807) is 0 Å². The molecule has 2 rings (SSSR count). The first-order chi connectivity index (χ1) is 16.2. The first-order valence-electron chi connectivity index (χ1n) is 11.9. The largest absolute Gasteiger partial charge is 0.416 e. The van der Waals surface area contributed by atoms with E-state index in [4.69, 9.17) is 14.9 Å². The SMILES string of the molecule is O=S(=O)(NCCC1CCC(OCCCCN(CCO)CCO)CC1)c1ccc(C(F)(F)F)cc1. The zero-order valence-corrected chi connectivity index (χ0v) is 20.3. The van der Waals surface area contributed by atoms with Crippen molar-refractivity contribution in [2.75, 3.05) is 46.0 Å². The second kappa shape index (κ2) is 14.4. The van der Waals surface area contributed by atoms with Gasteiger partial charge in [0.1, 0.15) is 0 Å². The van der Waals surface area contributed by atoms with Crippen LogP contribution in [0, 0.1) is 5.92 Å². The molecule has 0 heterocycles. The number of ether oxygens (including phenoxy) is 1. The van der Waals surface area contributed by atoms with Crippen LogP contribution in [0.25, 0.3) is 0 Å². The molecule has 11 heteroatoms. The lowest BCUT2D eigenvalue weighted by molar-refractivity contribution is -0.137. The number of alkyl halides is 3. The van der Waals surface area contributed by atoms with Crippen LogP contribution in [-0.2, 0) is 20.9 Å². The molecule has 0 aliphatic heterocycles. The van der Waals surface area contributed by atoms with Crippen LogP contribution in [0.2, 0.25) is 0 Å². The Morgan fingerprint density at radius 2 is 1.59 bits per heavy atom. The molecule has 0 amide bonds. The number of nitrogens with one attached hydrogen (secondary N) is 1. The molecule has 1 aromatic carbocycles. The van der Waals surface area contributed by atoms with E-state index in [2.05, 4.69) is 4.72 Å². The van der Waals surface area contributed by atoms with E-state index < -0.39 is 21.8 Å². The third-order valence-corrected chi connectivity index (χ3v) is 7.66. The fourth-order valence-electron chi connectivity index (χ4n) is 4.20. The van der Waals surface area contributed by atoms with Gasteiger partial charge in [0.2, 0.25) is 10.0 Å². The summed E-state index contributed by atoms with van der Waals surface area (Å²) in [5.41, 5.74) is -0.879. The number of hydrogen-bond acceptors (Lipinski definition) is 6. The van der Waals surface area contributed by atoms with Crippen LogP contribution < -0.4 is 4.72 Å². The normalized spacial score (nSPS) is 19.6. The summed E-state index contributed by atoms with van der Waals surface area (Å²) in [5.74, 6) is 0.390. The number of aliphatic hydroxyl groups excluding tert-OH is 2. The Morgan fingerprint density at radius 3 is 2.15 bits per heavy atom. The van der Waals surface area contributed by atoms with Gasteiger partial charge in [-0.1, -0.05) is 0 Å². The molecular weight excluding hydrogens is 473 g/mol. The molecule has 0 aromatic heterocycles. The van der Waals surface area contributed by atoms with Gasteiger partial charge < -0.3 is 14.9 Å². The summed E-state index contributed by atoms with van der Waals surface area (Å²) in [6.45, 7) is 3.02. The summed E-state index contributed by atoms with van der Waals surface area (Å²) >= 11 is 0. The van der Waals surface area contributed by atoms with E-state index >= 15 is 0 Å². The minimum Gasteiger partial charge on any atom is -0.395 e. The molecule has 7 nitrogen and oxygen atoms in total. The summed E-state index contributed by atoms with van der Waals surface area (Å²) in [4.78, 5) is 1.85. The van der Waals surface area contributed by atoms with Gasteiger partial charge in [-0.2, -0.15) is 13.2 Å². The number of halogens is 3. The van der Waals surface area contributed by atoms with Crippen molar-refractivity contribution in [1.82, 2.24) is 9.62 Å². The maximum Gasteiger partial charge on any atom is 0.416 e. The molecule has 1 aliphatic rings. The number of aliphatic hydroxyl groups is 2. The Labute approximate surface area is 200 Å². The lowest BCUT2D eigenvalue weighted by Gasteiger charge is -2.28.